The van der Waals surface area contributed by atoms with Crippen LogP contribution in [0, 0.1) is 0 Å². The Balaban J connectivity index is 1.76. The van der Waals surface area contributed by atoms with E-state index < -0.39 is 18.4 Å². The summed E-state index contributed by atoms with van der Waals surface area (Å²) in [6.07, 6.45) is 3.20. The third-order valence-electron chi connectivity index (χ3n) is 5.34. The molecular formula is C28H34BrFN2O4S. The molecule has 3 aromatic rings. The van der Waals surface area contributed by atoms with Gasteiger partial charge in [-0.1, -0.05) is 26.0 Å². The number of benzene rings is 2. The lowest BCUT2D eigenvalue weighted by Gasteiger charge is -2.24. The van der Waals surface area contributed by atoms with Gasteiger partial charge in [0.15, 0.2) is 0 Å². The van der Waals surface area contributed by atoms with Crippen LogP contribution in [0.25, 0.3) is 22.4 Å². The fraction of sp³-hybridized carbons (Fsp3) is 0.429. The number of likely N-dealkylation sites (N-methyl/N-ethyl adjacent to an activating group) is 1. The fourth-order valence-electron chi connectivity index (χ4n) is 3.57. The number of nitrogens with zero attached hydrogens (tertiary/aromatic N) is 2. The molecule has 0 spiro atoms. The van der Waals surface area contributed by atoms with Crippen molar-refractivity contribution >= 4 is 61.5 Å². The predicted octanol–water partition coefficient (Wildman–Crippen LogP) is 8.09. The minimum atomic E-state index is -0.746. The Labute approximate surface area is 230 Å². The molecule has 37 heavy (non-hydrogen) atoms. The maximum absolute atomic E-state index is 12.3. The summed E-state index contributed by atoms with van der Waals surface area (Å²) < 4.78 is 29.9. The molecule has 0 bridgehead atoms. The highest BCUT2D eigenvalue weighted by Gasteiger charge is 2.19. The largest absolute Gasteiger partial charge is 0.514 e. The second-order valence-corrected chi connectivity index (χ2v) is 11.8. The van der Waals surface area contributed by atoms with Crippen LogP contribution in [0.15, 0.2) is 34.8 Å². The van der Waals surface area contributed by atoms with Crippen molar-refractivity contribution in [2.24, 2.45) is 0 Å². The predicted molar refractivity (Wildman–Crippen MR) is 154 cm³/mol. The van der Waals surface area contributed by atoms with E-state index in [9.17, 15) is 9.18 Å². The Morgan fingerprint density at radius 2 is 1.95 bits per heavy atom. The number of hydrogen-bond donors (Lipinski definition) is 0. The van der Waals surface area contributed by atoms with E-state index in [-0.39, 0.29) is 6.61 Å². The summed E-state index contributed by atoms with van der Waals surface area (Å²) in [4.78, 5) is 18.9. The molecule has 0 unspecified atom stereocenters. The van der Waals surface area contributed by atoms with Gasteiger partial charge in [-0.25, -0.2) is 14.2 Å². The van der Waals surface area contributed by atoms with Gasteiger partial charge < -0.3 is 19.1 Å². The molecule has 6 nitrogen and oxygen atoms in total. The van der Waals surface area contributed by atoms with E-state index >= 15 is 0 Å². The topological polar surface area (TPSA) is 60.9 Å². The van der Waals surface area contributed by atoms with Gasteiger partial charge >= 0.3 is 6.16 Å². The van der Waals surface area contributed by atoms with Gasteiger partial charge in [0, 0.05) is 19.3 Å². The minimum absolute atomic E-state index is 0.129. The number of carbonyl (C=O) groups is 1. The Hall–Kier alpha value is -2.49. The van der Waals surface area contributed by atoms with Crippen LogP contribution in [0.2, 0.25) is 0 Å². The lowest BCUT2D eigenvalue weighted by atomic mass is 10.00. The third-order valence-corrected chi connectivity index (χ3v) is 6.94. The third kappa shape index (κ3) is 8.51. The normalized spacial score (nSPS) is 12.0. The number of rotatable bonds is 10. The summed E-state index contributed by atoms with van der Waals surface area (Å²) in [5.41, 5.74) is 3.61. The van der Waals surface area contributed by atoms with Crippen molar-refractivity contribution in [1.29, 1.82) is 0 Å². The van der Waals surface area contributed by atoms with Crippen molar-refractivity contribution < 1.29 is 23.4 Å². The smallest absolute Gasteiger partial charge is 0.428 e. The van der Waals surface area contributed by atoms with Gasteiger partial charge in [-0.05, 0) is 84.1 Å². The first-order valence-corrected chi connectivity index (χ1v) is 13.8. The molecule has 0 radical (unpaired) electrons. The molecule has 0 saturated heterocycles. The standard InChI is InChI=1S/C28H34BrFN2O4S/c1-18(2)20-16-22-25(17-23(20)32(6)12-14-34-13-11-30)37-26(31-22)10-8-19-7-9-24(21(29)15-19)35-27(33)36-28(3,4)5/h7-10,15-18H,11-14H2,1-6H3. The summed E-state index contributed by atoms with van der Waals surface area (Å²) in [6, 6.07) is 9.79. The zero-order valence-corrected chi connectivity index (χ0v) is 24.5. The van der Waals surface area contributed by atoms with Crippen molar-refractivity contribution in [3.05, 3.63) is 50.9 Å². The number of hydrogen-bond acceptors (Lipinski definition) is 7. The molecule has 0 N–H and O–H groups in total. The van der Waals surface area contributed by atoms with Crippen LogP contribution in [0.4, 0.5) is 14.9 Å². The van der Waals surface area contributed by atoms with Crippen LogP contribution >= 0.6 is 27.3 Å². The van der Waals surface area contributed by atoms with Gasteiger partial charge in [-0.15, -0.1) is 11.3 Å². The molecule has 1 aromatic heterocycles. The molecule has 0 aliphatic heterocycles. The molecule has 9 heteroatoms. The highest BCUT2D eigenvalue weighted by molar-refractivity contribution is 9.10. The summed E-state index contributed by atoms with van der Waals surface area (Å²) in [6.45, 7) is 10.5. The van der Waals surface area contributed by atoms with E-state index in [0.717, 1.165) is 26.5 Å². The van der Waals surface area contributed by atoms with Crippen LogP contribution in [0.5, 0.6) is 5.75 Å². The quantitative estimate of drug-likeness (QED) is 0.135. The molecule has 0 atom stereocenters. The van der Waals surface area contributed by atoms with E-state index in [0.29, 0.717) is 29.3 Å². The molecule has 0 fully saturated rings. The first kappa shape index (κ1) is 29.1. The van der Waals surface area contributed by atoms with Gasteiger partial charge in [-0.2, -0.15) is 0 Å². The number of alkyl halides is 1. The zero-order valence-electron chi connectivity index (χ0n) is 22.1. The zero-order chi connectivity index (χ0) is 27.2. The number of thiazole rings is 1. The summed E-state index contributed by atoms with van der Waals surface area (Å²) in [7, 11) is 2.03. The number of fused-ring (bicyclic) bond motifs is 1. The molecule has 0 amide bonds. The Morgan fingerprint density at radius 3 is 2.59 bits per heavy atom. The number of aromatic nitrogens is 1. The van der Waals surface area contributed by atoms with Crippen LogP contribution in [-0.2, 0) is 9.47 Å². The maximum atomic E-state index is 12.3. The highest BCUT2D eigenvalue weighted by atomic mass is 79.9. The number of halogens is 2. The highest BCUT2D eigenvalue weighted by Crippen LogP contribution is 2.35. The van der Waals surface area contributed by atoms with E-state index in [1.807, 2.05) is 31.3 Å². The van der Waals surface area contributed by atoms with Gasteiger partial charge in [0.2, 0.25) is 0 Å². The van der Waals surface area contributed by atoms with E-state index in [2.05, 4.69) is 46.8 Å². The number of ether oxygens (including phenoxy) is 3. The second-order valence-electron chi connectivity index (χ2n) is 9.90. The average molecular weight is 594 g/mol. The SMILES string of the molecule is CC(C)c1cc2nc(C=Cc3ccc(OC(=O)OC(C)(C)C)c(Br)c3)sc2cc1N(C)CCOCCF. The van der Waals surface area contributed by atoms with Gasteiger partial charge in [0.1, 0.15) is 23.0 Å². The molecule has 0 saturated carbocycles. The lowest BCUT2D eigenvalue weighted by molar-refractivity contribution is 0.0204. The summed E-state index contributed by atoms with van der Waals surface area (Å²) in [5, 5.41) is 0.890. The van der Waals surface area contributed by atoms with E-state index in [1.54, 1.807) is 38.2 Å². The van der Waals surface area contributed by atoms with Crippen LogP contribution in [0.1, 0.15) is 56.7 Å². The van der Waals surface area contributed by atoms with Crippen molar-refractivity contribution in [3.63, 3.8) is 0 Å². The average Bonchev–Trinajstić information content (AvgIpc) is 3.22. The Kier molecular flexibility index (Phi) is 10.1. The maximum Gasteiger partial charge on any atom is 0.514 e. The molecule has 200 valence electrons. The monoisotopic (exact) mass is 592 g/mol. The van der Waals surface area contributed by atoms with Crippen LogP contribution in [-0.4, -0.2) is 50.2 Å². The Bertz CT molecular complexity index is 1250. The van der Waals surface area contributed by atoms with Crippen molar-refractivity contribution in [2.75, 3.05) is 38.4 Å². The fourth-order valence-corrected chi connectivity index (χ4v) is 4.93. The molecule has 3 rings (SSSR count). The molecule has 2 aromatic carbocycles. The molecule has 1 heterocycles. The molecular weight excluding hydrogens is 559 g/mol. The summed E-state index contributed by atoms with van der Waals surface area (Å²) in [5.74, 6) is 0.715. The van der Waals surface area contributed by atoms with Crippen LogP contribution < -0.4 is 9.64 Å². The van der Waals surface area contributed by atoms with Gasteiger partial charge in [0.05, 0.1) is 27.9 Å². The van der Waals surface area contributed by atoms with Crippen LogP contribution in [0.3, 0.4) is 0 Å². The number of carbonyl (C=O) groups excluding carboxylic acids is 1. The second kappa shape index (κ2) is 12.8. The van der Waals surface area contributed by atoms with Crippen molar-refractivity contribution in [2.45, 2.75) is 46.1 Å². The van der Waals surface area contributed by atoms with Crippen molar-refractivity contribution in [1.82, 2.24) is 4.98 Å². The summed E-state index contributed by atoms with van der Waals surface area (Å²) >= 11 is 5.09. The molecule has 0 aliphatic carbocycles. The number of anilines is 1. The minimum Gasteiger partial charge on any atom is -0.428 e. The Morgan fingerprint density at radius 1 is 1.19 bits per heavy atom. The first-order valence-electron chi connectivity index (χ1n) is 12.1. The lowest BCUT2D eigenvalue weighted by Crippen LogP contribution is -2.26. The van der Waals surface area contributed by atoms with Gasteiger partial charge in [0.25, 0.3) is 0 Å². The van der Waals surface area contributed by atoms with Gasteiger partial charge in [-0.3, -0.25) is 0 Å². The van der Waals surface area contributed by atoms with E-state index in [4.69, 9.17) is 19.2 Å². The molecule has 0 aliphatic rings. The van der Waals surface area contributed by atoms with Crippen molar-refractivity contribution in [3.8, 4) is 5.75 Å². The first-order chi connectivity index (χ1) is 17.5. The van der Waals surface area contributed by atoms with E-state index in [1.165, 1.54) is 5.56 Å².